The van der Waals surface area contributed by atoms with Gasteiger partial charge in [0.15, 0.2) is 5.78 Å². The fourth-order valence-corrected chi connectivity index (χ4v) is 2.27. The molecule has 0 aromatic heterocycles. The zero-order chi connectivity index (χ0) is 9.64. The molecule has 2 fully saturated rings. The summed E-state index contributed by atoms with van der Waals surface area (Å²) >= 11 is 0. The molecule has 2 aliphatic carbocycles. The molecule has 0 aromatic rings. The van der Waals surface area contributed by atoms with E-state index in [9.17, 15) is 14.7 Å². The molecule has 13 heavy (non-hydrogen) atoms. The minimum absolute atomic E-state index is 0.168. The molecule has 3 unspecified atom stereocenters. The first kappa shape index (κ1) is 8.69. The Morgan fingerprint density at radius 3 is 2.92 bits per heavy atom. The second-order valence-electron chi connectivity index (χ2n) is 3.62. The van der Waals surface area contributed by atoms with Crippen molar-refractivity contribution < 1.29 is 19.4 Å². The Labute approximate surface area is 75.9 Å². The Hall–Kier alpha value is -0.900. The third-order valence-corrected chi connectivity index (χ3v) is 3.00. The second kappa shape index (κ2) is 2.54. The van der Waals surface area contributed by atoms with Crippen LogP contribution in [0.3, 0.4) is 0 Å². The zero-order valence-corrected chi connectivity index (χ0v) is 7.45. The maximum atomic E-state index is 11.2. The summed E-state index contributed by atoms with van der Waals surface area (Å²) < 4.78 is 4.76. The van der Waals surface area contributed by atoms with Gasteiger partial charge >= 0.3 is 5.97 Å². The first-order valence-corrected chi connectivity index (χ1v) is 4.54. The summed E-state index contributed by atoms with van der Waals surface area (Å²) in [5.41, 5.74) is -1.35. The van der Waals surface area contributed by atoms with Crippen molar-refractivity contribution >= 4 is 11.8 Å². The van der Waals surface area contributed by atoms with Crippen LogP contribution in [0.15, 0.2) is 0 Å². The average Bonchev–Trinajstić information content (AvgIpc) is 2.59. The average molecular weight is 184 g/mol. The number of esters is 1. The fraction of sp³-hybridized carbons (Fsp3) is 0.778. The molecule has 0 aliphatic heterocycles. The van der Waals surface area contributed by atoms with Crippen molar-refractivity contribution in [3.63, 3.8) is 0 Å². The van der Waals surface area contributed by atoms with Crippen molar-refractivity contribution in [3.05, 3.63) is 0 Å². The molecule has 3 atom stereocenters. The van der Waals surface area contributed by atoms with Crippen molar-refractivity contribution in [2.45, 2.75) is 25.4 Å². The van der Waals surface area contributed by atoms with Crippen LogP contribution in [0.5, 0.6) is 0 Å². The summed E-state index contributed by atoms with van der Waals surface area (Å²) in [6.07, 6.45) is 1.02. The predicted molar refractivity (Wildman–Crippen MR) is 42.8 cm³/mol. The van der Waals surface area contributed by atoms with Gasteiger partial charge in [-0.25, -0.2) is 0 Å². The fourth-order valence-electron chi connectivity index (χ4n) is 2.27. The van der Waals surface area contributed by atoms with Crippen molar-refractivity contribution in [1.82, 2.24) is 0 Å². The van der Waals surface area contributed by atoms with E-state index in [1.165, 1.54) is 0 Å². The van der Waals surface area contributed by atoms with E-state index < -0.39 is 17.5 Å². The van der Waals surface area contributed by atoms with Crippen LogP contribution in [0.1, 0.15) is 19.8 Å². The Morgan fingerprint density at radius 1 is 1.77 bits per heavy atom. The van der Waals surface area contributed by atoms with Crippen LogP contribution in [0.25, 0.3) is 0 Å². The van der Waals surface area contributed by atoms with Gasteiger partial charge in [0.05, 0.1) is 12.5 Å². The van der Waals surface area contributed by atoms with Crippen LogP contribution in [0.2, 0.25) is 0 Å². The van der Waals surface area contributed by atoms with Gasteiger partial charge in [0.2, 0.25) is 0 Å². The zero-order valence-electron chi connectivity index (χ0n) is 7.45. The molecule has 2 rings (SSSR count). The monoisotopic (exact) mass is 184 g/mol. The Bertz CT molecular complexity index is 273. The molecule has 0 radical (unpaired) electrons. The van der Waals surface area contributed by atoms with Crippen molar-refractivity contribution in [2.75, 3.05) is 6.61 Å². The summed E-state index contributed by atoms with van der Waals surface area (Å²) in [7, 11) is 0. The van der Waals surface area contributed by atoms with Gasteiger partial charge in [-0.3, -0.25) is 9.59 Å². The van der Waals surface area contributed by atoms with Gasteiger partial charge in [-0.15, -0.1) is 0 Å². The van der Waals surface area contributed by atoms with Crippen molar-refractivity contribution in [2.24, 2.45) is 11.8 Å². The third kappa shape index (κ3) is 0.950. The number of ether oxygens (including phenoxy) is 1. The number of hydrogen-bond donors (Lipinski definition) is 1. The van der Waals surface area contributed by atoms with Crippen molar-refractivity contribution in [1.29, 1.82) is 0 Å². The number of carbonyl (C=O) groups excluding carboxylic acids is 2. The van der Waals surface area contributed by atoms with Crippen molar-refractivity contribution in [3.8, 4) is 0 Å². The molecule has 0 saturated heterocycles. The summed E-state index contributed by atoms with van der Waals surface area (Å²) in [5, 5.41) is 9.74. The quantitative estimate of drug-likeness (QED) is 0.608. The smallest absolute Gasteiger partial charge is 0.312 e. The number of rotatable bonds is 2. The van der Waals surface area contributed by atoms with Gasteiger partial charge in [-0.1, -0.05) is 0 Å². The molecule has 0 amide bonds. The maximum absolute atomic E-state index is 11.2. The van der Waals surface area contributed by atoms with Gasteiger partial charge in [0.1, 0.15) is 5.60 Å². The number of fused-ring (bicyclic) bond motifs is 1. The molecular formula is C9H12O4. The van der Waals surface area contributed by atoms with Gasteiger partial charge in [0, 0.05) is 12.3 Å². The van der Waals surface area contributed by atoms with E-state index in [1.807, 2.05) is 0 Å². The summed E-state index contributed by atoms with van der Waals surface area (Å²) in [5.74, 6) is -1.37. The highest BCUT2D eigenvalue weighted by Crippen LogP contribution is 2.59. The largest absolute Gasteiger partial charge is 0.466 e. The Morgan fingerprint density at radius 2 is 2.46 bits per heavy atom. The summed E-state index contributed by atoms with van der Waals surface area (Å²) in [6, 6.07) is 0. The van der Waals surface area contributed by atoms with Gasteiger partial charge < -0.3 is 9.84 Å². The lowest BCUT2D eigenvalue weighted by Gasteiger charge is -2.05. The number of carbonyl (C=O) groups is 2. The molecule has 4 nitrogen and oxygen atoms in total. The first-order valence-electron chi connectivity index (χ1n) is 4.54. The second-order valence-corrected chi connectivity index (χ2v) is 3.62. The normalized spacial score (nSPS) is 41.5. The number of hydrogen-bond acceptors (Lipinski definition) is 4. The SMILES string of the molecule is CCOC(=O)C1C2CCC(=O)C21O. The molecular weight excluding hydrogens is 172 g/mol. The number of ketones is 1. The topological polar surface area (TPSA) is 63.6 Å². The highest BCUT2D eigenvalue weighted by Gasteiger charge is 2.75. The maximum Gasteiger partial charge on any atom is 0.312 e. The van der Waals surface area contributed by atoms with Crippen LogP contribution in [0.4, 0.5) is 0 Å². The highest BCUT2D eigenvalue weighted by molar-refractivity contribution is 6.01. The van der Waals surface area contributed by atoms with E-state index in [0.29, 0.717) is 19.4 Å². The van der Waals surface area contributed by atoms with E-state index in [4.69, 9.17) is 4.74 Å². The van der Waals surface area contributed by atoms with Crippen LogP contribution in [-0.4, -0.2) is 29.1 Å². The molecule has 1 N–H and O–H groups in total. The van der Waals surface area contributed by atoms with Crippen LogP contribution >= 0.6 is 0 Å². The minimum Gasteiger partial charge on any atom is -0.466 e. The van der Waals surface area contributed by atoms with E-state index in [0.717, 1.165) is 0 Å². The van der Waals surface area contributed by atoms with Crippen LogP contribution < -0.4 is 0 Å². The molecule has 0 aromatic carbocycles. The van der Waals surface area contributed by atoms with E-state index in [1.54, 1.807) is 6.92 Å². The molecule has 72 valence electrons. The van der Waals surface area contributed by atoms with Gasteiger partial charge in [-0.05, 0) is 13.3 Å². The standard InChI is InChI=1S/C9H12O4/c1-2-13-8(11)7-5-3-4-6(10)9(5,7)12/h5,7,12H,2-4H2,1H3. The molecule has 0 spiro atoms. The van der Waals surface area contributed by atoms with Crippen LogP contribution in [-0.2, 0) is 14.3 Å². The number of Topliss-reactive ketones (excluding diaryl/α,β-unsaturated/α-hetero) is 1. The molecule has 2 aliphatic rings. The van der Waals surface area contributed by atoms with E-state index in [-0.39, 0.29) is 11.7 Å². The lowest BCUT2D eigenvalue weighted by molar-refractivity contribution is -0.149. The van der Waals surface area contributed by atoms with Crippen LogP contribution in [0, 0.1) is 11.8 Å². The Kier molecular flexibility index (Phi) is 1.70. The minimum atomic E-state index is -1.35. The van der Waals surface area contributed by atoms with E-state index >= 15 is 0 Å². The summed E-state index contributed by atoms with van der Waals surface area (Å²) in [4.78, 5) is 22.4. The van der Waals surface area contributed by atoms with Gasteiger partial charge in [0.25, 0.3) is 0 Å². The molecule has 2 saturated carbocycles. The predicted octanol–water partition coefficient (Wildman–Crippen LogP) is -0.111. The van der Waals surface area contributed by atoms with E-state index in [2.05, 4.69) is 0 Å². The molecule has 0 heterocycles. The number of aliphatic hydroxyl groups is 1. The third-order valence-electron chi connectivity index (χ3n) is 3.00. The Balaban J connectivity index is 2.08. The lowest BCUT2D eigenvalue weighted by atomic mass is 10.1. The highest BCUT2D eigenvalue weighted by atomic mass is 16.5. The van der Waals surface area contributed by atoms with Gasteiger partial charge in [-0.2, -0.15) is 0 Å². The lowest BCUT2D eigenvalue weighted by Crippen LogP contribution is -2.26. The first-order chi connectivity index (χ1) is 6.12. The molecule has 4 heteroatoms. The molecule has 0 bridgehead atoms. The summed E-state index contributed by atoms with van der Waals surface area (Å²) in [6.45, 7) is 2.01.